The fourth-order valence-electron chi connectivity index (χ4n) is 0.0390. The minimum Gasteiger partial charge on any atom is -0.473 e. The zero-order valence-electron chi connectivity index (χ0n) is 3.12. The molecule has 7 heavy (non-hydrogen) atoms. The Morgan fingerprint density at radius 2 is 1.86 bits per heavy atom. The summed E-state index contributed by atoms with van der Waals surface area (Å²) in [6.45, 7) is 0. The molecule has 0 spiro atoms. The van der Waals surface area contributed by atoms with Crippen LogP contribution in [0.4, 0.5) is 0 Å². The lowest BCUT2D eigenvalue weighted by atomic mass is 10.7. The maximum absolute atomic E-state index is 9.44. The first kappa shape index (κ1) is 5.90. The summed E-state index contributed by atoms with van der Waals surface area (Å²) in [5.74, 6) is -3.50. The third kappa shape index (κ3) is 1.72. The molecule has 0 saturated heterocycles. The zero-order chi connectivity index (χ0) is 5.86. The van der Waals surface area contributed by atoms with Gasteiger partial charge in [0, 0.05) is 0 Å². The van der Waals surface area contributed by atoms with E-state index >= 15 is 0 Å². The maximum Gasteiger partial charge on any atom is 0.449 e. The first-order valence-electron chi connectivity index (χ1n) is 1.27. The summed E-state index contributed by atoms with van der Waals surface area (Å²) >= 11 is 0. The molecule has 0 atom stereocenters. The van der Waals surface area contributed by atoms with Crippen LogP contribution in [0.1, 0.15) is 0 Å². The predicted molar refractivity (Wildman–Crippen MR) is 16.4 cm³/mol. The van der Waals surface area contributed by atoms with Crippen molar-refractivity contribution in [2.75, 3.05) is 0 Å². The van der Waals surface area contributed by atoms with Crippen molar-refractivity contribution in [1.29, 1.82) is 0 Å². The highest BCUT2D eigenvalue weighted by Crippen LogP contribution is 1.67. The topological polar surface area (TPSA) is 83.8 Å². The molecule has 5 heteroatoms. The number of hydrogen-bond acceptors (Lipinski definition) is 4. The van der Waals surface area contributed by atoms with Gasteiger partial charge in [-0.25, -0.2) is 9.59 Å². The van der Waals surface area contributed by atoms with Crippen molar-refractivity contribution < 1.29 is 24.8 Å². The van der Waals surface area contributed by atoms with E-state index < -0.39 is 11.9 Å². The van der Waals surface area contributed by atoms with Crippen LogP contribution in [0.5, 0.6) is 0 Å². The number of carbonyl (C=O) groups is 2. The van der Waals surface area contributed by atoms with E-state index in [2.05, 4.69) is 4.89 Å². The maximum atomic E-state index is 9.44. The third-order valence-corrected chi connectivity index (χ3v) is 0.258. The van der Waals surface area contributed by atoms with Crippen LogP contribution in [0.25, 0.3) is 0 Å². The van der Waals surface area contributed by atoms with Gasteiger partial charge in [-0.2, -0.15) is 5.26 Å². The molecule has 0 fully saturated rings. The Balaban J connectivity index is 3.58. The van der Waals surface area contributed by atoms with Crippen LogP contribution in [0.15, 0.2) is 0 Å². The summed E-state index contributed by atoms with van der Waals surface area (Å²) in [4.78, 5) is 21.5. The molecule has 2 N–H and O–H groups in total. The van der Waals surface area contributed by atoms with Gasteiger partial charge in [0.2, 0.25) is 0 Å². The fourth-order valence-corrected chi connectivity index (χ4v) is 0.0390. The second-order valence-electron chi connectivity index (χ2n) is 0.684. The van der Waals surface area contributed by atoms with Gasteiger partial charge in [-0.15, -0.1) is 0 Å². The molecular formula is C2H2O5. The summed E-state index contributed by atoms with van der Waals surface area (Å²) in [5, 5.41) is 14.8. The fraction of sp³-hybridized carbons (Fsp3) is 0. The van der Waals surface area contributed by atoms with Gasteiger partial charge in [0.05, 0.1) is 0 Å². The van der Waals surface area contributed by atoms with E-state index in [1.165, 1.54) is 0 Å². The highest BCUT2D eigenvalue weighted by molar-refractivity contribution is 6.28. The van der Waals surface area contributed by atoms with Crippen molar-refractivity contribution in [3.63, 3.8) is 0 Å². The van der Waals surface area contributed by atoms with Crippen molar-refractivity contribution in [2.45, 2.75) is 0 Å². The molecule has 0 aliphatic heterocycles. The number of carboxylic acid groups (broad SMARTS) is 1. The smallest absolute Gasteiger partial charge is 0.449 e. The molecule has 0 aliphatic carbocycles. The zero-order valence-corrected chi connectivity index (χ0v) is 3.12. The van der Waals surface area contributed by atoms with Crippen molar-refractivity contribution in [3.05, 3.63) is 0 Å². The molecular weight excluding hydrogens is 104 g/mol. The van der Waals surface area contributed by atoms with Gasteiger partial charge in [0.25, 0.3) is 0 Å². The summed E-state index contributed by atoms with van der Waals surface area (Å²) in [6, 6.07) is 0. The quantitative estimate of drug-likeness (QED) is 0.237. The van der Waals surface area contributed by atoms with Gasteiger partial charge >= 0.3 is 11.9 Å². The number of aliphatic carboxylic acids is 1. The van der Waals surface area contributed by atoms with E-state index in [1.807, 2.05) is 0 Å². The van der Waals surface area contributed by atoms with E-state index in [0.29, 0.717) is 0 Å². The molecule has 0 saturated carbocycles. The van der Waals surface area contributed by atoms with Crippen molar-refractivity contribution >= 4 is 11.9 Å². The number of rotatable bonds is 0. The average Bonchev–Trinajstić information content (AvgIpc) is 1.65. The second-order valence-corrected chi connectivity index (χ2v) is 0.684. The molecule has 0 rings (SSSR count). The van der Waals surface area contributed by atoms with Gasteiger partial charge in [0.15, 0.2) is 0 Å². The van der Waals surface area contributed by atoms with Crippen molar-refractivity contribution in [1.82, 2.24) is 0 Å². The van der Waals surface area contributed by atoms with Crippen LogP contribution in [0, 0.1) is 0 Å². The monoisotopic (exact) mass is 106 g/mol. The Kier molecular flexibility index (Phi) is 1.80. The van der Waals surface area contributed by atoms with Crippen LogP contribution >= 0.6 is 0 Å². The Bertz CT molecular complexity index is 94.3. The first-order valence-corrected chi connectivity index (χ1v) is 1.27. The Labute approximate surface area is 38.1 Å². The summed E-state index contributed by atoms with van der Waals surface area (Å²) in [7, 11) is 0. The summed E-state index contributed by atoms with van der Waals surface area (Å²) in [6.07, 6.45) is 0. The molecule has 0 bridgehead atoms. The summed E-state index contributed by atoms with van der Waals surface area (Å²) in [5.41, 5.74) is 0. The molecule has 0 amide bonds. The number of carbonyl (C=O) groups excluding carboxylic acids is 1. The molecule has 0 aromatic carbocycles. The molecule has 0 heterocycles. The molecule has 0 radical (unpaired) electrons. The molecule has 0 aromatic rings. The van der Waals surface area contributed by atoms with E-state index in [-0.39, 0.29) is 0 Å². The Hall–Kier alpha value is -1.10. The minimum absolute atomic E-state index is 1.68. The normalized spacial score (nSPS) is 7.57. The Morgan fingerprint density at radius 1 is 1.43 bits per heavy atom. The molecule has 0 aromatic heterocycles. The van der Waals surface area contributed by atoms with E-state index in [9.17, 15) is 9.59 Å². The van der Waals surface area contributed by atoms with Crippen molar-refractivity contribution in [2.24, 2.45) is 0 Å². The average molecular weight is 106 g/mol. The van der Waals surface area contributed by atoms with Crippen molar-refractivity contribution in [3.8, 4) is 0 Å². The lowest BCUT2D eigenvalue weighted by Crippen LogP contribution is -2.13. The lowest BCUT2D eigenvalue weighted by molar-refractivity contribution is -0.235. The van der Waals surface area contributed by atoms with Crippen LogP contribution in [-0.4, -0.2) is 22.3 Å². The van der Waals surface area contributed by atoms with E-state index in [4.69, 9.17) is 10.4 Å². The van der Waals surface area contributed by atoms with E-state index in [0.717, 1.165) is 0 Å². The predicted octanol–water partition coefficient (Wildman–Crippen LogP) is -0.913. The van der Waals surface area contributed by atoms with Crippen LogP contribution in [0.2, 0.25) is 0 Å². The van der Waals surface area contributed by atoms with Gasteiger partial charge in [0.1, 0.15) is 0 Å². The van der Waals surface area contributed by atoms with Gasteiger partial charge in [-0.3, -0.25) is 4.89 Å². The van der Waals surface area contributed by atoms with Crippen LogP contribution in [0.3, 0.4) is 0 Å². The standard InChI is InChI=1S/C2H2O5/c3-1(4)2(5)7-6/h6H,(H,3,4). The highest BCUT2D eigenvalue weighted by Gasteiger charge is 2.10. The second kappa shape index (κ2) is 2.14. The number of hydrogen-bond donors (Lipinski definition) is 2. The SMILES string of the molecule is O=C(O)C(=O)OO. The molecule has 0 unspecified atom stereocenters. The van der Waals surface area contributed by atoms with Crippen LogP contribution in [-0.2, 0) is 14.5 Å². The minimum atomic E-state index is -1.82. The first-order chi connectivity index (χ1) is 3.18. The van der Waals surface area contributed by atoms with Crippen LogP contribution < -0.4 is 0 Å². The van der Waals surface area contributed by atoms with E-state index in [1.54, 1.807) is 0 Å². The summed E-state index contributed by atoms with van der Waals surface area (Å²) < 4.78 is 0. The largest absolute Gasteiger partial charge is 0.473 e. The molecule has 40 valence electrons. The molecule has 5 nitrogen and oxygen atoms in total. The lowest BCUT2D eigenvalue weighted by Gasteiger charge is -1.82. The van der Waals surface area contributed by atoms with Gasteiger partial charge in [-0.05, 0) is 0 Å². The number of carboxylic acids is 1. The highest BCUT2D eigenvalue weighted by atomic mass is 17.1. The molecule has 0 aliphatic rings. The van der Waals surface area contributed by atoms with Gasteiger partial charge < -0.3 is 5.11 Å². The third-order valence-electron chi connectivity index (χ3n) is 0.258. The van der Waals surface area contributed by atoms with Gasteiger partial charge in [-0.1, -0.05) is 0 Å². The Morgan fingerprint density at radius 3 is 1.86 bits per heavy atom.